The van der Waals surface area contributed by atoms with Crippen molar-refractivity contribution in [3.8, 4) is 28.1 Å². The lowest BCUT2D eigenvalue weighted by atomic mass is 9.99. The summed E-state index contributed by atoms with van der Waals surface area (Å²) in [5.74, 6) is -0.293. The minimum absolute atomic E-state index is 0.169. The van der Waals surface area contributed by atoms with Gasteiger partial charge in [-0.05, 0) is 29.8 Å². The van der Waals surface area contributed by atoms with Gasteiger partial charge in [0.25, 0.3) is 0 Å². The first-order chi connectivity index (χ1) is 15.8. The maximum atomic E-state index is 15.2. The molecule has 1 aromatic carbocycles. The van der Waals surface area contributed by atoms with E-state index in [1.807, 2.05) is 18.2 Å². The zero-order chi connectivity index (χ0) is 23.2. The van der Waals surface area contributed by atoms with Crippen LogP contribution in [0.1, 0.15) is 5.56 Å². The summed E-state index contributed by atoms with van der Waals surface area (Å²) in [6.07, 6.45) is 7.42. The normalized spacial score (nSPS) is 11.8. The van der Waals surface area contributed by atoms with Crippen LogP contribution in [0.4, 0.5) is 4.39 Å². The Labute approximate surface area is 189 Å². The average molecular weight is 463 g/mol. The summed E-state index contributed by atoms with van der Waals surface area (Å²) >= 11 is 0. The van der Waals surface area contributed by atoms with Crippen LogP contribution >= 0.6 is 0 Å². The van der Waals surface area contributed by atoms with Gasteiger partial charge in [0.15, 0.2) is 9.84 Å². The number of nitrogens with one attached hydrogen (secondary N) is 1. The Kier molecular flexibility index (Phi) is 5.05. The first-order valence-electron chi connectivity index (χ1n) is 10.1. The smallest absolute Gasteiger partial charge is 0.151 e. The van der Waals surface area contributed by atoms with E-state index >= 15 is 4.39 Å². The fourth-order valence-corrected chi connectivity index (χ4v) is 4.79. The SMILES string of the molecule is COc1cc(-c2c(F)cnc3[nH]c4cnc(-c5cccnc5)cc4c23)ccc1CS(C)(=O)=O. The number of aromatic amines is 1. The second-order valence-corrected chi connectivity index (χ2v) is 9.92. The third kappa shape index (κ3) is 3.91. The topological polar surface area (TPSA) is 97.8 Å². The van der Waals surface area contributed by atoms with Crippen molar-refractivity contribution < 1.29 is 17.5 Å². The number of aromatic nitrogens is 4. The highest BCUT2D eigenvalue weighted by atomic mass is 32.2. The third-order valence-electron chi connectivity index (χ3n) is 5.41. The molecule has 1 N–H and O–H groups in total. The summed E-state index contributed by atoms with van der Waals surface area (Å²) in [7, 11) is -1.80. The van der Waals surface area contributed by atoms with Gasteiger partial charge in [0.05, 0.1) is 36.5 Å². The fraction of sp³-hybridized carbons (Fsp3) is 0.125. The molecule has 0 aliphatic carbocycles. The monoisotopic (exact) mass is 462 g/mol. The van der Waals surface area contributed by atoms with Gasteiger partial charge in [0, 0.05) is 46.1 Å². The zero-order valence-electron chi connectivity index (χ0n) is 17.8. The highest BCUT2D eigenvalue weighted by Gasteiger charge is 2.19. The van der Waals surface area contributed by atoms with Crippen molar-refractivity contribution in [2.75, 3.05) is 13.4 Å². The molecular formula is C24H19FN4O3S. The standard InChI is InChI=1S/C24H19FN4O3S/c1-32-21-8-14(5-6-16(21)13-33(2,30)31)22-18(25)11-28-24-23(22)17-9-19(27-12-20(17)29-24)15-4-3-7-26-10-15/h3-12H,13H2,1-2H3,(H,28,29). The van der Waals surface area contributed by atoms with Crippen LogP contribution in [0.2, 0.25) is 0 Å². The van der Waals surface area contributed by atoms with Gasteiger partial charge in [-0.25, -0.2) is 17.8 Å². The van der Waals surface area contributed by atoms with Crippen LogP contribution in [0.3, 0.4) is 0 Å². The van der Waals surface area contributed by atoms with Gasteiger partial charge >= 0.3 is 0 Å². The molecule has 33 heavy (non-hydrogen) atoms. The minimum atomic E-state index is -3.26. The van der Waals surface area contributed by atoms with Crippen molar-refractivity contribution in [2.45, 2.75) is 5.75 Å². The molecule has 9 heteroatoms. The number of halogens is 1. The molecule has 5 aromatic rings. The summed E-state index contributed by atoms with van der Waals surface area (Å²) in [6, 6.07) is 10.6. The summed E-state index contributed by atoms with van der Waals surface area (Å²) < 4.78 is 44.2. The number of methoxy groups -OCH3 is 1. The number of nitrogens with zero attached hydrogens (tertiary/aromatic N) is 3. The molecule has 5 rings (SSSR count). The second-order valence-electron chi connectivity index (χ2n) is 7.78. The van der Waals surface area contributed by atoms with Crippen LogP contribution in [0.25, 0.3) is 44.3 Å². The number of H-pyrrole nitrogens is 1. The van der Waals surface area contributed by atoms with E-state index in [0.717, 1.165) is 22.7 Å². The van der Waals surface area contributed by atoms with Gasteiger partial charge in [0.1, 0.15) is 17.2 Å². The summed E-state index contributed by atoms with van der Waals surface area (Å²) in [5.41, 5.74) is 4.19. The molecule has 166 valence electrons. The molecule has 0 aliphatic heterocycles. The van der Waals surface area contributed by atoms with E-state index in [4.69, 9.17) is 4.74 Å². The number of sulfone groups is 1. The first kappa shape index (κ1) is 21.0. The van der Waals surface area contributed by atoms with E-state index in [1.165, 1.54) is 13.3 Å². The molecule has 4 aromatic heterocycles. The van der Waals surface area contributed by atoms with Crippen molar-refractivity contribution >= 4 is 31.8 Å². The molecule has 0 spiro atoms. The maximum Gasteiger partial charge on any atom is 0.151 e. The zero-order valence-corrected chi connectivity index (χ0v) is 18.6. The van der Waals surface area contributed by atoms with E-state index in [0.29, 0.717) is 39.2 Å². The molecule has 0 aliphatic rings. The van der Waals surface area contributed by atoms with E-state index in [2.05, 4.69) is 19.9 Å². The Morgan fingerprint density at radius 2 is 1.91 bits per heavy atom. The van der Waals surface area contributed by atoms with Crippen LogP contribution in [-0.2, 0) is 15.6 Å². The quantitative estimate of drug-likeness (QED) is 0.412. The predicted octanol–water partition coefficient (Wildman–Crippen LogP) is 4.53. The van der Waals surface area contributed by atoms with Crippen molar-refractivity contribution in [3.05, 3.63) is 72.6 Å². The third-order valence-corrected chi connectivity index (χ3v) is 6.25. The molecule has 0 fully saturated rings. The van der Waals surface area contributed by atoms with Crippen molar-refractivity contribution in [2.24, 2.45) is 0 Å². The van der Waals surface area contributed by atoms with Gasteiger partial charge in [-0.2, -0.15) is 0 Å². The number of rotatable bonds is 5. The summed E-state index contributed by atoms with van der Waals surface area (Å²) in [6.45, 7) is 0. The minimum Gasteiger partial charge on any atom is -0.496 e. The average Bonchev–Trinajstić information content (AvgIpc) is 3.17. The molecule has 0 bridgehead atoms. The van der Waals surface area contributed by atoms with Crippen LogP contribution in [-0.4, -0.2) is 41.7 Å². The second kappa shape index (κ2) is 7.93. The molecular weight excluding hydrogens is 443 g/mol. The highest BCUT2D eigenvalue weighted by molar-refractivity contribution is 7.89. The molecule has 0 atom stereocenters. The van der Waals surface area contributed by atoms with Gasteiger partial charge in [-0.1, -0.05) is 12.1 Å². The lowest BCUT2D eigenvalue weighted by Gasteiger charge is -2.12. The van der Waals surface area contributed by atoms with E-state index < -0.39 is 15.7 Å². The molecule has 0 saturated heterocycles. The number of pyridine rings is 3. The van der Waals surface area contributed by atoms with E-state index in [9.17, 15) is 8.42 Å². The van der Waals surface area contributed by atoms with Crippen LogP contribution in [0.5, 0.6) is 5.75 Å². The lowest BCUT2D eigenvalue weighted by Crippen LogP contribution is -2.03. The Morgan fingerprint density at radius 1 is 1.06 bits per heavy atom. The Morgan fingerprint density at radius 3 is 2.64 bits per heavy atom. The van der Waals surface area contributed by atoms with E-state index in [-0.39, 0.29) is 5.75 Å². The summed E-state index contributed by atoms with van der Waals surface area (Å²) in [4.78, 5) is 16.1. The Bertz CT molecular complexity index is 1620. The maximum absolute atomic E-state index is 15.2. The lowest BCUT2D eigenvalue weighted by molar-refractivity contribution is 0.411. The molecule has 0 radical (unpaired) electrons. The van der Waals surface area contributed by atoms with Gasteiger partial charge in [-0.3, -0.25) is 9.97 Å². The number of ether oxygens (including phenoxy) is 1. The number of benzene rings is 1. The van der Waals surface area contributed by atoms with Crippen LogP contribution in [0.15, 0.2) is 61.2 Å². The van der Waals surface area contributed by atoms with Gasteiger partial charge in [0.2, 0.25) is 0 Å². The van der Waals surface area contributed by atoms with Crippen molar-refractivity contribution in [1.29, 1.82) is 0 Å². The van der Waals surface area contributed by atoms with E-state index in [1.54, 1.807) is 36.8 Å². The van der Waals surface area contributed by atoms with Crippen molar-refractivity contribution in [3.63, 3.8) is 0 Å². The first-order valence-corrected chi connectivity index (χ1v) is 12.1. The van der Waals surface area contributed by atoms with Gasteiger partial charge in [-0.15, -0.1) is 0 Å². The highest BCUT2D eigenvalue weighted by Crippen LogP contribution is 2.38. The molecule has 4 heterocycles. The number of hydrogen-bond acceptors (Lipinski definition) is 6. The predicted molar refractivity (Wildman–Crippen MR) is 125 cm³/mol. The molecule has 0 unspecified atom stereocenters. The number of hydrogen-bond donors (Lipinski definition) is 1. The Balaban J connectivity index is 1.75. The molecule has 0 amide bonds. The largest absolute Gasteiger partial charge is 0.496 e. The number of fused-ring (bicyclic) bond motifs is 3. The van der Waals surface area contributed by atoms with Crippen molar-refractivity contribution in [1.82, 2.24) is 19.9 Å². The fourth-order valence-electron chi connectivity index (χ4n) is 3.99. The van der Waals surface area contributed by atoms with Gasteiger partial charge < -0.3 is 9.72 Å². The summed E-state index contributed by atoms with van der Waals surface area (Å²) in [5, 5.41) is 1.37. The Hall–Kier alpha value is -3.85. The molecule has 0 saturated carbocycles. The molecule has 7 nitrogen and oxygen atoms in total. The van der Waals surface area contributed by atoms with Crippen LogP contribution in [0, 0.1) is 5.82 Å². The van der Waals surface area contributed by atoms with Crippen LogP contribution < -0.4 is 4.74 Å².